The number of hydrogen-bond donors (Lipinski definition) is 0. The molecule has 0 atom stereocenters. The van der Waals surface area contributed by atoms with E-state index in [1.54, 1.807) is 48.6 Å². The third kappa shape index (κ3) is 3.81. The number of carbonyl (C=O) groups excluding carboxylic acids is 2. The Balaban J connectivity index is 1.76. The highest BCUT2D eigenvalue weighted by atomic mass is 16.5. The van der Waals surface area contributed by atoms with Crippen molar-refractivity contribution in [2.75, 3.05) is 0 Å². The second-order valence-electron chi connectivity index (χ2n) is 4.14. The van der Waals surface area contributed by atoms with E-state index in [9.17, 15) is 9.59 Å². The van der Waals surface area contributed by atoms with Crippen molar-refractivity contribution in [3.63, 3.8) is 0 Å². The first-order chi connectivity index (χ1) is 9.15. The van der Waals surface area contributed by atoms with Gasteiger partial charge in [-0.1, -0.05) is 30.9 Å². The molecular formula is C15H14O4. The van der Waals surface area contributed by atoms with Gasteiger partial charge in [0.1, 0.15) is 12.2 Å². The van der Waals surface area contributed by atoms with Gasteiger partial charge in [0.2, 0.25) is 0 Å². The predicted molar refractivity (Wildman–Crippen MR) is 70.1 cm³/mol. The van der Waals surface area contributed by atoms with Gasteiger partial charge in [0, 0.05) is 5.57 Å². The number of carbonyl (C=O) groups is 2. The average molecular weight is 258 g/mol. The highest BCUT2D eigenvalue weighted by Gasteiger charge is 2.19. The van der Waals surface area contributed by atoms with Crippen molar-refractivity contribution in [1.29, 1.82) is 0 Å². The van der Waals surface area contributed by atoms with Crippen LogP contribution in [-0.4, -0.2) is 24.1 Å². The lowest BCUT2D eigenvalue weighted by Gasteiger charge is -2.11. The van der Waals surface area contributed by atoms with Crippen LogP contribution in [0.1, 0.15) is 6.42 Å². The second-order valence-corrected chi connectivity index (χ2v) is 4.14. The van der Waals surface area contributed by atoms with Gasteiger partial charge in [-0.15, -0.1) is 0 Å². The molecule has 0 aromatic carbocycles. The Morgan fingerprint density at radius 2 is 1.37 bits per heavy atom. The Morgan fingerprint density at radius 3 is 1.89 bits per heavy atom. The van der Waals surface area contributed by atoms with E-state index in [0.717, 1.165) is 0 Å². The average Bonchev–Trinajstić information content (AvgIpc) is 3.01. The Morgan fingerprint density at radius 1 is 0.895 bits per heavy atom. The molecule has 0 amide bonds. The lowest BCUT2D eigenvalue weighted by molar-refractivity contribution is -0.147. The Hall–Kier alpha value is -2.36. The number of ether oxygens (including phenoxy) is 2. The van der Waals surface area contributed by atoms with Crippen molar-refractivity contribution >= 4 is 11.9 Å². The fourth-order valence-corrected chi connectivity index (χ4v) is 1.63. The molecule has 19 heavy (non-hydrogen) atoms. The summed E-state index contributed by atoms with van der Waals surface area (Å²) in [6, 6.07) is 0. The highest BCUT2D eigenvalue weighted by Crippen LogP contribution is 2.12. The summed E-state index contributed by atoms with van der Waals surface area (Å²) in [6.45, 7) is 3.55. The molecule has 0 spiro atoms. The molecule has 4 nitrogen and oxygen atoms in total. The SMILES string of the molecule is C=C(CC(=O)OC1C=CC=C1)C(=O)OC1C=CC=C1. The zero-order valence-corrected chi connectivity index (χ0v) is 10.3. The van der Waals surface area contributed by atoms with Gasteiger partial charge >= 0.3 is 11.9 Å². The van der Waals surface area contributed by atoms with Crippen molar-refractivity contribution in [2.24, 2.45) is 0 Å². The van der Waals surface area contributed by atoms with Gasteiger partial charge in [-0.2, -0.15) is 0 Å². The van der Waals surface area contributed by atoms with Crippen LogP contribution >= 0.6 is 0 Å². The molecule has 0 heterocycles. The van der Waals surface area contributed by atoms with E-state index in [1.165, 1.54) is 0 Å². The summed E-state index contributed by atoms with van der Waals surface area (Å²) in [6.07, 6.45) is 13.2. The standard InChI is InChI=1S/C15H14O4/c1-11(15(17)19-13-8-4-5-9-13)10-14(16)18-12-6-2-3-7-12/h2-9,12-13H,1,10H2. The van der Waals surface area contributed by atoms with Crippen LogP contribution < -0.4 is 0 Å². The zero-order valence-electron chi connectivity index (χ0n) is 10.3. The fourth-order valence-electron chi connectivity index (χ4n) is 1.63. The van der Waals surface area contributed by atoms with E-state index in [2.05, 4.69) is 6.58 Å². The molecule has 0 unspecified atom stereocenters. The molecule has 0 N–H and O–H groups in total. The van der Waals surface area contributed by atoms with Crippen molar-refractivity contribution in [3.05, 3.63) is 60.8 Å². The lowest BCUT2D eigenvalue weighted by Crippen LogP contribution is -2.19. The van der Waals surface area contributed by atoms with Crippen molar-refractivity contribution in [1.82, 2.24) is 0 Å². The van der Waals surface area contributed by atoms with Gasteiger partial charge in [0.05, 0.1) is 6.42 Å². The summed E-state index contributed by atoms with van der Waals surface area (Å²) in [4.78, 5) is 23.2. The van der Waals surface area contributed by atoms with Gasteiger partial charge in [-0.3, -0.25) is 4.79 Å². The van der Waals surface area contributed by atoms with Gasteiger partial charge in [0.15, 0.2) is 0 Å². The number of rotatable bonds is 5. The molecule has 0 saturated heterocycles. The minimum absolute atomic E-state index is 0.0876. The third-order valence-electron chi connectivity index (χ3n) is 2.58. The van der Waals surface area contributed by atoms with Crippen LogP contribution in [0.4, 0.5) is 0 Å². The molecule has 98 valence electrons. The molecule has 0 bridgehead atoms. The van der Waals surface area contributed by atoms with Gasteiger partial charge in [-0.05, 0) is 24.3 Å². The summed E-state index contributed by atoms with van der Waals surface area (Å²) in [5, 5.41) is 0. The maximum absolute atomic E-state index is 11.6. The van der Waals surface area contributed by atoms with E-state index in [1.807, 2.05) is 0 Å². The Labute approximate surface area is 111 Å². The molecule has 2 aliphatic rings. The maximum atomic E-state index is 11.6. The van der Waals surface area contributed by atoms with Crippen LogP contribution in [0.3, 0.4) is 0 Å². The fraction of sp³-hybridized carbons (Fsp3) is 0.200. The minimum atomic E-state index is -0.587. The first-order valence-electron chi connectivity index (χ1n) is 5.93. The summed E-state index contributed by atoms with van der Waals surface area (Å²) in [5.74, 6) is -1.09. The lowest BCUT2D eigenvalue weighted by atomic mass is 10.2. The zero-order chi connectivity index (χ0) is 13.7. The van der Waals surface area contributed by atoms with Crippen molar-refractivity contribution < 1.29 is 19.1 Å². The van der Waals surface area contributed by atoms with E-state index in [0.29, 0.717) is 0 Å². The van der Waals surface area contributed by atoms with Crippen LogP contribution in [0.25, 0.3) is 0 Å². The quantitative estimate of drug-likeness (QED) is 0.559. The van der Waals surface area contributed by atoms with Gasteiger partial charge in [-0.25, -0.2) is 4.79 Å². The molecule has 0 aromatic heterocycles. The van der Waals surface area contributed by atoms with E-state index >= 15 is 0 Å². The smallest absolute Gasteiger partial charge is 0.334 e. The van der Waals surface area contributed by atoms with Gasteiger partial charge in [0.25, 0.3) is 0 Å². The van der Waals surface area contributed by atoms with Crippen LogP contribution in [0.5, 0.6) is 0 Å². The van der Waals surface area contributed by atoms with E-state index in [-0.39, 0.29) is 24.2 Å². The van der Waals surface area contributed by atoms with Gasteiger partial charge < -0.3 is 9.47 Å². The molecule has 0 aliphatic heterocycles. The molecule has 2 aliphatic carbocycles. The molecule has 2 rings (SSSR count). The highest BCUT2D eigenvalue weighted by molar-refractivity contribution is 5.93. The summed E-state index contributed by atoms with van der Waals surface area (Å²) < 4.78 is 10.2. The van der Waals surface area contributed by atoms with Crippen molar-refractivity contribution in [2.45, 2.75) is 18.6 Å². The molecule has 4 heteroatoms. The molecular weight excluding hydrogens is 244 g/mol. The second kappa shape index (κ2) is 6.00. The minimum Gasteiger partial charge on any atom is -0.454 e. The number of hydrogen-bond acceptors (Lipinski definition) is 4. The summed E-state index contributed by atoms with van der Waals surface area (Å²) in [7, 11) is 0. The third-order valence-corrected chi connectivity index (χ3v) is 2.58. The van der Waals surface area contributed by atoms with Crippen molar-refractivity contribution in [3.8, 4) is 0 Å². The molecule has 0 radical (unpaired) electrons. The first-order valence-corrected chi connectivity index (χ1v) is 5.93. The van der Waals surface area contributed by atoms with Crippen LogP contribution in [0, 0.1) is 0 Å². The normalized spacial score (nSPS) is 17.1. The predicted octanol–water partition coefficient (Wildman–Crippen LogP) is 2.01. The van der Waals surface area contributed by atoms with E-state index < -0.39 is 11.9 Å². The number of esters is 2. The Kier molecular flexibility index (Phi) is 4.13. The monoisotopic (exact) mass is 258 g/mol. The van der Waals surface area contributed by atoms with E-state index in [4.69, 9.17) is 9.47 Å². The molecule has 0 fully saturated rings. The largest absolute Gasteiger partial charge is 0.454 e. The van der Waals surface area contributed by atoms with Crippen LogP contribution in [0.2, 0.25) is 0 Å². The topological polar surface area (TPSA) is 52.6 Å². The maximum Gasteiger partial charge on any atom is 0.334 e. The first kappa shape index (κ1) is 13.1. The summed E-state index contributed by atoms with van der Waals surface area (Å²) in [5.41, 5.74) is 0.0876. The molecule has 0 aromatic rings. The van der Waals surface area contributed by atoms with Crippen LogP contribution in [-0.2, 0) is 19.1 Å². The Bertz CT molecular complexity index is 484. The van der Waals surface area contributed by atoms with Crippen LogP contribution in [0.15, 0.2) is 60.8 Å². The molecule has 0 saturated carbocycles. The number of allylic oxidation sites excluding steroid dienone is 4. The summed E-state index contributed by atoms with van der Waals surface area (Å²) >= 11 is 0.